The SMILES string of the molecule is CCCNC(CSC1CCCC1)CC(CC)CC. The van der Waals surface area contributed by atoms with Crippen LogP contribution >= 0.6 is 11.8 Å². The molecule has 1 atom stereocenters. The molecule has 108 valence electrons. The predicted molar refractivity (Wildman–Crippen MR) is 85.5 cm³/mol. The van der Waals surface area contributed by atoms with Crippen molar-refractivity contribution >= 4 is 11.8 Å². The molecular formula is C16H33NS. The van der Waals surface area contributed by atoms with Gasteiger partial charge in [0.15, 0.2) is 0 Å². The Kier molecular flexibility index (Phi) is 9.22. The third-order valence-corrected chi connectivity index (χ3v) is 5.83. The molecule has 1 unspecified atom stereocenters. The van der Waals surface area contributed by atoms with Crippen LogP contribution in [0, 0.1) is 5.92 Å². The lowest BCUT2D eigenvalue weighted by Crippen LogP contribution is -2.34. The van der Waals surface area contributed by atoms with Crippen LogP contribution in [0.3, 0.4) is 0 Å². The molecule has 0 heterocycles. The molecule has 0 aromatic carbocycles. The van der Waals surface area contributed by atoms with Gasteiger partial charge in [-0.3, -0.25) is 0 Å². The van der Waals surface area contributed by atoms with Crippen LogP contribution in [0.1, 0.15) is 72.1 Å². The van der Waals surface area contributed by atoms with Gasteiger partial charge in [0.1, 0.15) is 0 Å². The molecule has 1 aliphatic rings. The lowest BCUT2D eigenvalue weighted by molar-refractivity contribution is 0.384. The van der Waals surface area contributed by atoms with Gasteiger partial charge in [0, 0.05) is 17.0 Å². The number of rotatable bonds is 10. The smallest absolute Gasteiger partial charge is 0.0160 e. The monoisotopic (exact) mass is 271 g/mol. The first-order valence-electron chi connectivity index (χ1n) is 8.15. The Labute approximate surface area is 119 Å². The number of nitrogens with one attached hydrogen (secondary N) is 1. The summed E-state index contributed by atoms with van der Waals surface area (Å²) in [5, 5.41) is 4.74. The van der Waals surface area contributed by atoms with Gasteiger partial charge in [0.25, 0.3) is 0 Å². The van der Waals surface area contributed by atoms with Crippen LogP contribution in [0.5, 0.6) is 0 Å². The summed E-state index contributed by atoms with van der Waals surface area (Å²) in [5.74, 6) is 2.25. The first-order valence-corrected chi connectivity index (χ1v) is 9.19. The molecule has 0 spiro atoms. The van der Waals surface area contributed by atoms with Gasteiger partial charge in [0.2, 0.25) is 0 Å². The molecule has 1 nitrogen and oxygen atoms in total. The molecule has 1 fully saturated rings. The maximum Gasteiger partial charge on any atom is 0.0160 e. The van der Waals surface area contributed by atoms with E-state index in [4.69, 9.17) is 0 Å². The van der Waals surface area contributed by atoms with Crippen LogP contribution in [-0.4, -0.2) is 23.6 Å². The molecule has 0 saturated heterocycles. The molecule has 1 saturated carbocycles. The third kappa shape index (κ3) is 6.47. The normalized spacial score (nSPS) is 18.7. The summed E-state index contributed by atoms with van der Waals surface area (Å²) in [7, 11) is 0. The summed E-state index contributed by atoms with van der Waals surface area (Å²) in [4.78, 5) is 0. The first kappa shape index (κ1) is 16.4. The van der Waals surface area contributed by atoms with Gasteiger partial charge < -0.3 is 5.32 Å². The van der Waals surface area contributed by atoms with Crippen molar-refractivity contribution in [1.29, 1.82) is 0 Å². The zero-order valence-electron chi connectivity index (χ0n) is 12.7. The number of hydrogen-bond acceptors (Lipinski definition) is 2. The quantitative estimate of drug-likeness (QED) is 0.609. The maximum absolute atomic E-state index is 3.77. The fraction of sp³-hybridized carbons (Fsp3) is 1.00. The molecular weight excluding hydrogens is 238 g/mol. The van der Waals surface area contributed by atoms with Crippen molar-refractivity contribution < 1.29 is 0 Å². The second-order valence-corrected chi connectivity index (χ2v) is 7.14. The van der Waals surface area contributed by atoms with Crippen LogP contribution in [0.4, 0.5) is 0 Å². The molecule has 1 N–H and O–H groups in total. The third-order valence-electron chi connectivity index (χ3n) is 4.29. The highest BCUT2D eigenvalue weighted by atomic mass is 32.2. The number of thioether (sulfide) groups is 1. The van der Waals surface area contributed by atoms with E-state index in [-0.39, 0.29) is 0 Å². The topological polar surface area (TPSA) is 12.0 Å². The molecule has 0 radical (unpaired) electrons. The lowest BCUT2D eigenvalue weighted by atomic mass is 9.95. The van der Waals surface area contributed by atoms with Gasteiger partial charge in [-0.1, -0.05) is 46.5 Å². The number of hydrogen-bond donors (Lipinski definition) is 1. The van der Waals surface area contributed by atoms with Gasteiger partial charge in [-0.2, -0.15) is 11.8 Å². The molecule has 0 amide bonds. The van der Waals surface area contributed by atoms with Crippen molar-refractivity contribution in [1.82, 2.24) is 5.32 Å². The fourth-order valence-electron chi connectivity index (χ4n) is 2.89. The Bertz CT molecular complexity index is 186. The largest absolute Gasteiger partial charge is 0.313 e. The van der Waals surface area contributed by atoms with Gasteiger partial charge in [-0.25, -0.2) is 0 Å². The minimum Gasteiger partial charge on any atom is -0.313 e. The van der Waals surface area contributed by atoms with Crippen LogP contribution < -0.4 is 5.32 Å². The molecule has 2 heteroatoms. The van der Waals surface area contributed by atoms with Gasteiger partial charge >= 0.3 is 0 Å². The van der Waals surface area contributed by atoms with Crippen molar-refractivity contribution in [3.8, 4) is 0 Å². The van der Waals surface area contributed by atoms with Crippen molar-refractivity contribution in [2.24, 2.45) is 5.92 Å². The van der Waals surface area contributed by atoms with Gasteiger partial charge in [0.05, 0.1) is 0 Å². The van der Waals surface area contributed by atoms with Crippen LogP contribution in [-0.2, 0) is 0 Å². The van der Waals surface area contributed by atoms with Crippen molar-refractivity contribution in [3.63, 3.8) is 0 Å². The Morgan fingerprint density at radius 3 is 2.33 bits per heavy atom. The average molecular weight is 272 g/mol. The van der Waals surface area contributed by atoms with E-state index < -0.39 is 0 Å². The Hall–Kier alpha value is 0.310. The highest BCUT2D eigenvalue weighted by molar-refractivity contribution is 7.99. The van der Waals surface area contributed by atoms with Crippen molar-refractivity contribution in [3.05, 3.63) is 0 Å². The summed E-state index contributed by atoms with van der Waals surface area (Å²) in [6, 6.07) is 0.750. The van der Waals surface area contributed by atoms with E-state index in [1.165, 1.54) is 63.7 Å². The summed E-state index contributed by atoms with van der Waals surface area (Å²) in [6.07, 6.45) is 11.2. The van der Waals surface area contributed by atoms with E-state index >= 15 is 0 Å². The summed E-state index contributed by atoms with van der Waals surface area (Å²) >= 11 is 2.24. The molecule has 0 aromatic rings. The Morgan fingerprint density at radius 2 is 1.78 bits per heavy atom. The zero-order valence-corrected chi connectivity index (χ0v) is 13.5. The highest BCUT2D eigenvalue weighted by Crippen LogP contribution is 2.30. The van der Waals surface area contributed by atoms with Crippen LogP contribution in [0.15, 0.2) is 0 Å². The first-order chi connectivity index (χ1) is 8.80. The molecule has 18 heavy (non-hydrogen) atoms. The summed E-state index contributed by atoms with van der Waals surface area (Å²) in [6.45, 7) is 8.14. The summed E-state index contributed by atoms with van der Waals surface area (Å²) < 4.78 is 0. The molecule has 0 aromatic heterocycles. The standard InChI is InChI=1S/C16H33NS/c1-4-11-17-15(12-14(5-2)6-3)13-18-16-9-7-8-10-16/h14-17H,4-13H2,1-3H3. The second-order valence-electron chi connectivity index (χ2n) is 5.81. The van der Waals surface area contributed by atoms with Gasteiger partial charge in [-0.15, -0.1) is 0 Å². The van der Waals surface area contributed by atoms with E-state index in [9.17, 15) is 0 Å². The second kappa shape index (κ2) is 10.1. The minimum absolute atomic E-state index is 0.750. The zero-order chi connectivity index (χ0) is 13.2. The molecule has 0 bridgehead atoms. The fourth-order valence-corrected chi connectivity index (χ4v) is 4.32. The predicted octanol–water partition coefficient (Wildman–Crippen LogP) is 4.86. The van der Waals surface area contributed by atoms with Gasteiger partial charge in [-0.05, 0) is 38.1 Å². The van der Waals surface area contributed by atoms with E-state index in [2.05, 4.69) is 37.8 Å². The van der Waals surface area contributed by atoms with Crippen molar-refractivity contribution in [2.75, 3.05) is 12.3 Å². The Balaban J connectivity index is 2.28. The highest BCUT2D eigenvalue weighted by Gasteiger charge is 2.19. The summed E-state index contributed by atoms with van der Waals surface area (Å²) in [5.41, 5.74) is 0. The maximum atomic E-state index is 3.77. The van der Waals surface area contributed by atoms with Crippen LogP contribution in [0.2, 0.25) is 0 Å². The van der Waals surface area contributed by atoms with E-state index in [1.54, 1.807) is 0 Å². The van der Waals surface area contributed by atoms with Crippen LogP contribution in [0.25, 0.3) is 0 Å². The lowest BCUT2D eigenvalue weighted by Gasteiger charge is -2.24. The Morgan fingerprint density at radius 1 is 1.11 bits per heavy atom. The van der Waals surface area contributed by atoms with Crippen molar-refractivity contribution in [2.45, 2.75) is 83.4 Å². The average Bonchev–Trinajstić information content (AvgIpc) is 2.91. The molecule has 1 aliphatic carbocycles. The molecule has 0 aliphatic heterocycles. The van der Waals surface area contributed by atoms with E-state index in [1.807, 2.05) is 0 Å². The van der Waals surface area contributed by atoms with E-state index in [0.717, 1.165) is 17.2 Å². The van der Waals surface area contributed by atoms with E-state index in [0.29, 0.717) is 0 Å². The molecule has 1 rings (SSSR count). The minimum atomic E-state index is 0.750.